The molecule has 4 aromatic heterocycles. The summed E-state index contributed by atoms with van der Waals surface area (Å²) in [6.07, 6.45) is -2.49. The van der Waals surface area contributed by atoms with Gasteiger partial charge in [0, 0.05) is 0 Å². The van der Waals surface area contributed by atoms with Crippen LogP contribution in [0.5, 0.6) is 0 Å². The highest BCUT2D eigenvalue weighted by Gasteiger charge is 2.52. The first-order valence-corrected chi connectivity index (χ1v) is 13.6. The molecule has 220 valence electrons. The number of nitrogens with zero attached hydrogens (tertiary/aromatic N) is 8. The molecule has 7 rings (SSSR count). The Bertz CT molecular complexity index is 1620. The standard InChI is InChI=1S/C10H12N5O6P.C10H13N5O4/c11-8-5-9(13-2-12-8)15(3-14-5)10-6(16)7-4(20-10)1-19-22(17,18)21-7;11-8-5-9(13-2-12-8)15(3-14-5)10-7(18)6(17)4(1-16)19-10/h2-4,6-7,10,16H,1H2,(H,17,18)(H2,11,12,13);2-4,6-7,10,16-18H,1H2,(H2,11,12,13)/t2*4-,6-,7-,10-/m11/s1. The second-order valence-electron chi connectivity index (χ2n) is 9.28. The van der Waals surface area contributed by atoms with Crippen molar-refractivity contribution in [2.75, 3.05) is 24.7 Å². The van der Waals surface area contributed by atoms with Crippen molar-refractivity contribution >= 4 is 41.8 Å². The van der Waals surface area contributed by atoms with E-state index in [4.69, 9.17) is 30.6 Å². The van der Waals surface area contributed by atoms with Gasteiger partial charge in [-0.25, -0.2) is 34.5 Å². The van der Waals surface area contributed by atoms with Crippen LogP contribution in [0.2, 0.25) is 0 Å². The Morgan fingerprint density at radius 2 is 1.41 bits per heavy atom. The SMILES string of the molecule is Nc1ncnc2c1ncn2[C@@H]1O[C@@H]2COP(=O)(O)O[C@H]2[C@H]1O.Nc1ncnc2c1ncn2[C@@H]1O[C@H](CO)[C@@H](O)[C@H]1O. The van der Waals surface area contributed by atoms with Gasteiger partial charge in [-0.15, -0.1) is 0 Å². The van der Waals surface area contributed by atoms with Crippen molar-refractivity contribution in [1.82, 2.24) is 39.0 Å². The highest BCUT2D eigenvalue weighted by atomic mass is 31.2. The maximum Gasteiger partial charge on any atom is 0.472 e. The Kier molecular flexibility index (Phi) is 7.06. The number of imidazole rings is 2. The zero-order valence-electron chi connectivity index (χ0n) is 20.8. The molecule has 21 heteroatoms. The van der Waals surface area contributed by atoms with Crippen molar-refractivity contribution in [1.29, 1.82) is 0 Å². The number of hydrogen-bond acceptors (Lipinski definition) is 17. The smallest absolute Gasteiger partial charge is 0.394 e. The summed E-state index contributed by atoms with van der Waals surface area (Å²) in [5, 5.41) is 39.1. The van der Waals surface area contributed by atoms with Crippen LogP contribution in [0.3, 0.4) is 0 Å². The number of anilines is 2. The van der Waals surface area contributed by atoms with Gasteiger partial charge >= 0.3 is 7.82 Å². The summed E-state index contributed by atoms with van der Waals surface area (Å²) in [6.45, 7) is -0.547. The van der Waals surface area contributed by atoms with Crippen molar-refractivity contribution in [3.05, 3.63) is 25.3 Å². The number of phosphoric acid groups is 1. The third-order valence-corrected chi connectivity index (χ3v) is 7.79. The summed E-state index contributed by atoms with van der Waals surface area (Å²) in [6, 6.07) is 0. The Morgan fingerprint density at radius 3 is 1.95 bits per heavy atom. The quantitative estimate of drug-likeness (QED) is 0.117. The summed E-state index contributed by atoms with van der Waals surface area (Å²) >= 11 is 0. The predicted octanol–water partition coefficient (Wildman–Crippen LogP) is -2.80. The number of ether oxygens (including phenoxy) is 2. The van der Waals surface area contributed by atoms with E-state index in [0.29, 0.717) is 22.3 Å². The van der Waals surface area contributed by atoms with Gasteiger partial charge in [-0.2, -0.15) is 0 Å². The topological polar surface area (TPSA) is 294 Å². The van der Waals surface area contributed by atoms with Crippen LogP contribution in [0.1, 0.15) is 12.5 Å². The maximum absolute atomic E-state index is 11.5. The summed E-state index contributed by atoms with van der Waals surface area (Å²) in [5.74, 6) is 0.420. The molecular formula is C20H25N10O10P. The summed E-state index contributed by atoms with van der Waals surface area (Å²) in [7, 11) is -4.16. The van der Waals surface area contributed by atoms with Crippen molar-refractivity contribution in [3.8, 4) is 0 Å². The molecule has 0 bridgehead atoms. The summed E-state index contributed by atoms with van der Waals surface area (Å²) < 4.78 is 35.0. The Labute approximate surface area is 228 Å². The van der Waals surface area contributed by atoms with Gasteiger partial charge in [0.25, 0.3) is 0 Å². The van der Waals surface area contributed by atoms with Gasteiger partial charge < -0.3 is 46.3 Å². The van der Waals surface area contributed by atoms with Gasteiger partial charge in [0.15, 0.2) is 35.4 Å². The summed E-state index contributed by atoms with van der Waals surface area (Å²) in [4.78, 5) is 33.2. The molecule has 3 aliphatic rings. The molecule has 0 amide bonds. The van der Waals surface area contributed by atoms with Crippen molar-refractivity contribution < 1.29 is 48.4 Å². The first-order chi connectivity index (χ1) is 19.6. The Morgan fingerprint density at radius 1 is 0.854 bits per heavy atom. The molecule has 0 aromatic carbocycles. The van der Waals surface area contributed by atoms with E-state index in [2.05, 4.69) is 34.4 Å². The number of aliphatic hydroxyl groups excluding tert-OH is 4. The van der Waals surface area contributed by atoms with Crippen LogP contribution in [0.4, 0.5) is 11.6 Å². The van der Waals surface area contributed by atoms with Gasteiger partial charge in [0.05, 0.1) is 25.9 Å². The Hall–Kier alpha value is -3.43. The van der Waals surface area contributed by atoms with Gasteiger partial charge in [0.2, 0.25) is 0 Å². The average molecular weight is 596 g/mol. The van der Waals surface area contributed by atoms with Crippen LogP contribution in [-0.2, 0) is 23.1 Å². The molecule has 1 unspecified atom stereocenters. The number of rotatable bonds is 3. The van der Waals surface area contributed by atoms with Crippen LogP contribution in [-0.4, -0.2) is 114 Å². The lowest BCUT2D eigenvalue weighted by Crippen LogP contribution is -2.39. The largest absolute Gasteiger partial charge is 0.472 e. The zero-order valence-corrected chi connectivity index (χ0v) is 21.7. The molecule has 9 atom stereocenters. The second-order valence-corrected chi connectivity index (χ2v) is 10.7. The number of phosphoric ester groups is 1. The normalized spacial score (nSPS) is 35.0. The van der Waals surface area contributed by atoms with E-state index >= 15 is 0 Å². The lowest BCUT2D eigenvalue weighted by atomic mass is 10.1. The highest BCUT2D eigenvalue weighted by Crippen LogP contribution is 2.52. The number of aromatic nitrogens is 8. The number of fused-ring (bicyclic) bond motifs is 3. The number of aliphatic hydroxyl groups is 4. The van der Waals surface area contributed by atoms with Crippen LogP contribution in [0, 0.1) is 0 Å². The highest BCUT2D eigenvalue weighted by molar-refractivity contribution is 7.47. The number of nitrogens with two attached hydrogens (primary N) is 2. The monoisotopic (exact) mass is 596 g/mol. The van der Waals surface area contributed by atoms with E-state index in [1.54, 1.807) is 0 Å². The van der Waals surface area contributed by atoms with Gasteiger partial charge in [-0.1, -0.05) is 0 Å². The zero-order chi connectivity index (χ0) is 29.1. The van der Waals surface area contributed by atoms with Gasteiger partial charge in [0.1, 0.15) is 60.3 Å². The molecule has 9 N–H and O–H groups in total. The molecule has 3 fully saturated rings. The first kappa shape index (κ1) is 27.7. The van der Waals surface area contributed by atoms with Gasteiger partial charge in [-0.05, 0) is 0 Å². The van der Waals surface area contributed by atoms with Crippen molar-refractivity contribution in [2.45, 2.75) is 49.1 Å². The minimum Gasteiger partial charge on any atom is -0.394 e. The van der Waals surface area contributed by atoms with Crippen LogP contribution in [0.15, 0.2) is 25.3 Å². The van der Waals surface area contributed by atoms with Crippen LogP contribution < -0.4 is 11.5 Å². The molecule has 0 aliphatic carbocycles. The lowest BCUT2D eigenvalue weighted by Gasteiger charge is -2.27. The average Bonchev–Trinajstić information content (AvgIpc) is 3.70. The summed E-state index contributed by atoms with van der Waals surface area (Å²) in [5.41, 5.74) is 12.9. The molecule has 3 aliphatic heterocycles. The van der Waals surface area contributed by atoms with E-state index in [1.165, 1.54) is 34.4 Å². The van der Waals surface area contributed by atoms with E-state index in [9.17, 15) is 24.8 Å². The Balaban J connectivity index is 0.000000149. The van der Waals surface area contributed by atoms with E-state index in [1.807, 2.05) is 0 Å². The molecule has 41 heavy (non-hydrogen) atoms. The van der Waals surface area contributed by atoms with Gasteiger partial charge in [-0.3, -0.25) is 18.2 Å². The second kappa shape index (κ2) is 10.4. The molecule has 3 saturated heterocycles. The minimum atomic E-state index is -4.16. The predicted molar refractivity (Wildman–Crippen MR) is 133 cm³/mol. The third kappa shape index (κ3) is 4.78. The van der Waals surface area contributed by atoms with Crippen LogP contribution >= 0.6 is 7.82 Å². The fourth-order valence-electron chi connectivity index (χ4n) is 4.79. The van der Waals surface area contributed by atoms with E-state index in [-0.39, 0.29) is 18.2 Å². The fraction of sp³-hybridized carbons (Fsp3) is 0.500. The van der Waals surface area contributed by atoms with E-state index < -0.39 is 63.5 Å². The molecule has 4 aromatic rings. The molecule has 7 heterocycles. The first-order valence-electron chi connectivity index (χ1n) is 12.1. The molecule has 0 saturated carbocycles. The maximum atomic E-state index is 11.5. The third-order valence-electron chi connectivity index (χ3n) is 6.81. The van der Waals surface area contributed by atoms with Crippen molar-refractivity contribution in [2.24, 2.45) is 0 Å². The molecule has 20 nitrogen and oxygen atoms in total. The van der Waals surface area contributed by atoms with Crippen molar-refractivity contribution in [3.63, 3.8) is 0 Å². The molecule has 0 spiro atoms. The van der Waals surface area contributed by atoms with E-state index in [0.717, 1.165) is 0 Å². The molecule has 0 radical (unpaired) electrons. The van der Waals surface area contributed by atoms with Crippen LogP contribution in [0.25, 0.3) is 22.3 Å². The number of nitrogen functional groups attached to an aromatic ring is 2. The number of hydrogen-bond donors (Lipinski definition) is 7. The fourth-order valence-corrected chi connectivity index (χ4v) is 5.75. The minimum absolute atomic E-state index is 0.157. The molecular weight excluding hydrogens is 571 g/mol. The lowest BCUT2D eigenvalue weighted by molar-refractivity contribution is -0.0664.